The molecule has 17 heavy (non-hydrogen) atoms. The van der Waals surface area contributed by atoms with Gasteiger partial charge in [-0.1, -0.05) is 13.3 Å². The van der Waals surface area contributed by atoms with Gasteiger partial charge in [0.1, 0.15) is 0 Å². The highest BCUT2D eigenvalue weighted by Gasteiger charge is 2.26. The molecule has 5 heteroatoms. The van der Waals surface area contributed by atoms with E-state index in [0.717, 1.165) is 25.8 Å². The van der Waals surface area contributed by atoms with Crippen molar-refractivity contribution in [1.82, 2.24) is 10.6 Å². The zero-order chi connectivity index (χ0) is 12.8. The van der Waals surface area contributed by atoms with Crippen molar-refractivity contribution >= 4 is 16.7 Å². The molecule has 1 saturated heterocycles. The molecule has 0 spiro atoms. The van der Waals surface area contributed by atoms with E-state index in [9.17, 15) is 9.00 Å². The van der Waals surface area contributed by atoms with Gasteiger partial charge in [0.15, 0.2) is 0 Å². The molecule has 0 saturated carbocycles. The summed E-state index contributed by atoms with van der Waals surface area (Å²) in [4.78, 5) is 12.0. The minimum Gasteiger partial charge on any atom is -0.351 e. The maximum Gasteiger partial charge on any atom is 0.237 e. The van der Waals surface area contributed by atoms with Gasteiger partial charge in [-0.2, -0.15) is 0 Å². The summed E-state index contributed by atoms with van der Waals surface area (Å²) in [6.07, 6.45) is 4.88. The monoisotopic (exact) mass is 260 g/mol. The Balaban J connectivity index is 2.38. The number of piperidine rings is 1. The Hall–Kier alpha value is -0.420. The molecule has 1 aliphatic rings. The number of hydrogen-bond donors (Lipinski definition) is 2. The average molecular weight is 260 g/mol. The van der Waals surface area contributed by atoms with Crippen LogP contribution in [0.2, 0.25) is 0 Å². The van der Waals surface area contributed by atoms with Crippen LogP contribution in [0.3, 0.4) is 0 Å². The lowest BCUT2D eigenvalue weighted by Crippen LogP contribution is -2.51. The van der Waals surface area contributed by atoms with Crippen LogP contribution in [0.5, 0.6) is 0 Å². The van der Waals surface area contributed by atoms with Crippen molar-refractivity contribution < 1.29 is 9.00 Å². The molecule has 0 aromatic carbocycles. The Bertz CT molecular complexity index is 284. The fraction of sp³-hybridized carbons (Fsp3) is 0.917. The Morgan fingerprint density at radius 1 is 1.59 bits per heavy atom. The molecule has 100 valence electrons. The zero-order valence-corrected chi connectivity index (χ0v) is 11.8. The first-order chi connectivity index (χ1) is 8.02. The Morgan fingerprint density at radius 3 is 2.88 bits per heavy atom. The van der Waals surface area contributed by atoms with Crippen molar-refractivity contribution in [2.75, 3.05) is 18.6 Å². The molecule has 4 unspecified atom stereocenters. The van der Waals surface area contributed by atoms with Gasteiger partial charge in [0.05, 0.1) is 6.04 Å². The summed E-state index contributed by atoms with van der Waals surface area (Å²) < 4.78 is 11.1. The van der Waals surface area contributed by atoms with E-state index in [1.807, 2.05) is 6.92 Å². The van der Waals surface area contributed by atoms with E-state index >= 15 is 0 Å². The average Bonchev–Trinajstić information content (AvgIpc) is 2.27. The highest BCUT2D eigenvalue weighted by molar-refractivity contribution is 7.84. The fourth-order valence-electron chi connectivity index (χ4n) is 2.30. The lowest BCUT2D eigenvalue weighted by molar-refractivity contribution is -0.124. The molecule has 0 bridgehead atoms. The molecule has 1 fully saturated rings. The topological polar surface area (TPSA) is 58.2 Å². The summed E-state index contributed by atoms with van der Waals surface area (Å²) in [6.45, 7) is 5.00. The molecule has 0 aliphatic carbocycles. The second kappa shape index (κ2) is 7.11. The predicted octanol–water partition coefficient (Wildman–Crippen LogP) is 0.648. The lowest BCUT2D eigenvalue weighted by Gasteiger charge is -2.29. The van der Waals surface area contributed by atoms with E-state index in [2.05, 4.69) is 17.6 Å². The third-order valence-electron chi connectivity index (χ3n) is 3.28. The van der Waals surface area contributed by atoms with Crippen LogP contribution in [0.4, 0.5) is 0 Å². The number of carbonyl (C=O) groups excluding carboxylic acids is 1. The molecule has 1 aliphatic heterocycles. The normalized spacial score (nSPS) is 28.4. The largest absolute Gasteiger partial charge is 0.351 e. The molecule has 0 aromatic rings. The molecular formula is C12H24N2O2S. The summed E-state index contributed by atoms with van der Waals surface area (Å²) in [6, 6.07) is -0.0847. The Kier molecular flexibility index (Phi) is 6.12. The summed E-state index contributed by atoms with van der Waals surface area (Å²) >= 11 is 0. The van der Waals surface area contributed by atoms with E-state index in [1.165, 1.54) is 0 Å². The van der Waals surface area contributed by atoms with E-state index in [0.29, 0.717) is 11.7 Å². The summed E-state index contributed by atoms with van der Waals surface area (Å²) in [5, 5.41) is 6.19. The molecule has 1 heterocycles. The van der Waals surface area contributed by atoms with Crippen LogP contribution >= 0.6 is 0 Å². The summed E-state index contributed by atoms with van der Waals surface area (Å²) in [7, 11) is -0.861. The van der Waals surface area contributed by atoms with E-state index in [4.69, 9.17) is 0 Å². The van der Waals surface area contributed by atoms with Crippen LogP contribution in [0.15, 0.2) is 0 Å². The predicted molar refractivity (Wildman–Crippen MR) is 71.3 cm³/mol. The maximum atomic E-state index is 12.0. The number of nitrogens with one attached hydrogen (secondary N) is 2. The van der Waals surface area contributed by atoms with Crippen molar-refractivity contribution in [3.8, 4) is 0 Å². The van der Waals surface area contributed by atoms with Crippen LogP contribution in [0, 0.1) is 5.92 Å². The van der Waals surface area contributed by atoms with Gasteiger partial charge in [-0.05, 0) is 32.2 Å². The van der Waals surface area contributed by atoms with Gasteiger partial charge in [0.2, 0.25) is 5.91 Å². The van der Waals surface area contributed by atoms with E-state index in [1.54, 1.807) is 6.26 Å². The third-order valence-corrected chi connectivity index (χ3v) is 4.25. The van der Waals surface area contributed by atoms with Crippen molar-refractivity contribution in [3.05, 3.63) is 0 Å². The minimum absolute atomic E-state index is 0.0165. The molecular weight excluding hydrogens is 236 g/mol. The Morgan fingerprint density at radius 2 is 2.29 bits per heavy atom. The number of rotatable bonds is 5. The molecule has 4 atom stereocenters. The highest BCUT2D eigenvalue weighted by atomic mass is 32.2. The zero-order valence-electron chi connectivity index (χ0n) is 11.0. The number of amides is 1. The van der Waals surface area contributed by atoms with Crippen LogP contribution < -0.4 is 10.6 Å². The maximum absolute atomic E-state index is 12.0. The molecule has 1 rings (SSSR count). The number of carbonyl (C=O) groups is 1. The van der Waals surface area contributed by atoms with Crippen molar-refractivity contribution in [2.24, 2.45) is 5.92 Å². The second-order valence-corrected chi connectivity index (χ2v) is 6.43. The first kappa shape index (κ1) is 14.6. The summed E-state index contributed by atoms with van der Waals surface area (Å²) in [5.41, 5.74) is 0. The van der Waals surface area contributed by atoms with Gasteiger partial charge < -0.3 is 10.6 Å². The molecule has 2 N–H and O–H groups in total. The first-order valence-corrected chi connectivity index (χ1v) is 8.09. The second-order valence-electron chi connectivity index (χ2n) is 4.95. The standard InChI is InChI=1S/C12H24N2O2S/c1-4-10-5-6-13-11(7-10)12(15)14-9(2)8-17(3)16/h9-11,13H,4-8H2,1-3H3,(H,14,15). The van der Waals surface area contributed by atoms with Gasteiger partial charge in [-0.25, -0.2) is 0 Å². The van der Waals surface area contributed by atoms with E-state index in [-0.39, 0.29) is 18.0 Å². The van der Waals surface area contributed by atoms with Crippen LogP contribution in [-0.4, -0.2) is 40.8 Å². The quantitative estimate of drug-likeness (QED) is 0.763. The highest BCUT2D eigenvalue weighted by Crippen LogP contribution is 2.19. The summed E-state index contributed by atoms with van der Waals surface area (Å²) in [5.74, 6) is 1.24. The molecule has 1 amide bonds. The van der Waals surface area contributed by atoms with Crippen molar-refractivity contribution in [3.63, 3.8) is 0 Å². The SMILES string of the molecule is CCC1CCNC(C(=O)NC(C)CS(C)=O)C1. The lowest BCUT2D eigenvalue weighted by atomic mass is 9.90. The van der Waals surface area contributed by atoms with Gasteiger partial charge in [-0.15, -0.1) is 0 Å². The van der Waals surface area contributed by atoms with Gasteiger partial charge in [0, 0.05) is 28.9 Å². The molecule has 0 aromatic heterocycles. The van der Waals surface area contributed by atoms with E-state index < -0.39 is 10.8 Å². The van der Waals surface area contributed by atoms with Crippen molar-refractivity contribution in [1.29, 1.82) is 0 Å². The first-order valence-electron chi connectivity index (χ1n) is 6.36. The third kappa shape index (κ3) is 5.17. The van der Waals surface area contributed by atoms with Gasteiger partial charge in [0.25, 0.3) is 0 Å². The van der Waals surface area contributed by atoms with Crippen LogP contribution in [0.1, 0.15) is 33.1 Å². The van der Waals surface area contributed by atoms with Crippen LogP contribution in [-0.2, 0) is 15.6 Å². The van der Waals surface area contributed by atoms with Crippen LogP contribution in [0.25, 0.3) is 0 Å². The Labute approximate surface area is 106 Å². The van der Waals surface area contributed by atoms with Crippen molar-refractivity contribution in [2.45, 2.75) is 45.2 Å². The number of hydrogen-bond acceptors (Lipinski definition) is 3. The molecule has 4 nitrogen and oxygen atoms in total. The van der Waals surface area contributed by atoms with Gasteiger partial charge >= 0.3 is 0 Å². The fourth-order valence-corrected chi connectivity index (χ4v) is 3.09. The van der Waals surface area contributed by atoms with Gasteiger partial charge in [-0.3, -0.25) is 9.00 Å². The smallest absolute Gasteiger partial charge is 0.237 e. The minimum atomic E-state index is -0.861. The molecule has 0 radical (unpaired) electrons.